The molecule has 0 fully saturated rings. The van der Waals surface area contributed by atoms with Crippen LogP contribution in [0.4, 0.5) is 10.1 Å². The first kappa shape index (κ1) is 17.6. The van der Waals surface area contributed by atoms with Gasteiger partial charge in [0, 0.05) is 11.8 Å². The van der Waals surface area contributed by atoms with Crippen LogP contribution in [0.2, 0.25) is 0 Å². The van der Waals surface area contributed by atoms with E-state index in [0.717, 1.165) is 27.0 Å². The molecule has 0 amide bonds. The van der Waals surface area contributed by atoms with Gasteiger partial charge in [0.1, 0.15) is 26.1 Å². The summed E-state index contributed by atoms with van der Waals surface area (Å²) in [7, 11) is -4.01. The number of pyridine rings is 1. The molecular weight excluding hydrogens is 385 g/mol. The molecule has 0 aliphatic heterocycles. The van der Waals surface area contributed by atoms with Gasteiger partial charge in [-0.1, -0.05) is 23.5 Å². The van der Waals surface area contributed by atoms with Crippen molar-refractivity contribution in [3.8, 4) is 10.6 Å². The highest BCUT2D eigenvalue weighted by Crippen LogP contribution is 2.31. The summed E-state index contributed by atoms with van der Waals surface area (Å²) in [6.07, 6.45) is 1.72. The number of sulfonamides is 1. The highest BCUT2D eigenvalue weighted by atomic mass is 32.2. The van der Waals surface area contributed by atoms with Crippen molar-refractivity contribution >= 4 is 37.4 Å². The standard InChI is InChI=1S/C19H14FN3O2S2/c1-12-11-13(18-22-16-6-4-10-21-19(16)26-18)8-9-15(12)23-27(24,25)17-7-3-2-5-14(17)20/h2-11,23H,1H3. The molecule has 2 aromatic heterocycles. The minimum absolute atomic E-state index is 0.384. The number of aryl methyl sites for hydroxylation is 1. The maximum atomic E-state index is 13.8. The first-order valence-corrected chi connectivity index (χ1v) is 10.3. The molecular formula is C19H14FN3O2S2. The molecule has 1 N–H and O–H groups in total. The van der Waals surface area contributed by atoms with Gasteiger partial charge in [0.15, 0.2) is 0 Å². The van der Waals surface area contributed by atoms with E-state index in [4.69, 9.17) is 0 Å². The fourth-order valence-corrected chi connectivity index (χ4v) is 4.78. The highest BCUT2D eigenvalue weighted by molar-refractivity contribution is 7.92. The Morgan fingerprint density at radius 3 is 2.63 bits per heavy atom. The van der Waals surface area contributed by atoms with Crippen LogP contribution in [-0.2, 0) is 10.0 Å². The molecule has 0 unspecified atom stereocenters. The number of hydrogen-bond donors (Lipinski definition) is 1. The molecule has 8 heteroatoms. The van der Waals surface area contributed by atoms with Crippen LogP contribution < -0.4 is 4.72 Å². The van der Waals surface area contributed by atoms with Crippen molar-refractivity contribution in [2.75, 3.05) is 4.72 Å². The Morgan fingerprint density at radius 2 is 1.89 bits per heavy atom. The van der Waals surface area contributed by atoms with E-state index in [2.05, 4.69) is 14.7 Å². The number of anilines is 1. The monoisotopic (exact) mass is 399 g/mol. The van der Waals surface area contributed by atoms with E-state index in [1.807, 2.05) is 18.2 Å². The number of rotatable bonds is 4. The van der Waals surface area contributed by atoms with Crippen molar-refractivity contribution < 1.29 is 12.8 Å². The van der Waals surface area contributed by atoms with Crippen LogP contribution in [0, 0.1) is 12.7 Å². The number of nitrogens with zero attached hydrogens (tertiary/aromatic N) is 2. The number of halogens is 1. The molecule has 5 nitrogen and oxygen atoms in total. The molecule has 4 aromatic rings. The lowest BCUT2D eigenvalue weighted by Gasteiger charge is -2.12. The predicted molar refractivity (Wildman–Crippen MR) is 105 cm³/mol. The molecule has 0 bridgehead atoms. The number of thiazole rings is 1. The molecule has 2 heterocycles. The van der Waals surface area contributed by atoms with E-state index in [1.165, 1.54) is 29.5 Å². The van der Waals surface area contributed by atoms with Crippen LogP contribution in [0.1, 0.15) is 5.56 Å². The van der Waals surface area contributed by atoms with Crippen LogP contribution in [0.25, 0.3) is 20.9 Å². The fraction of sp³-hybridized carbons (Fsp3) is 0.0526. The largest absolute Gasteiger partial charge is 0.279 e. The third-order valence-corrected chi connectivity index (χ3v) is 6.44. The zero-order valence-corrected chi connectivity index (χ0v) is 15.8. The van der Waals surface area contributed by atoms with Crippen molar-refractivity contribution in [3.05, 3.63) is 72.2 Å². The van der Waals surface area contributed by atoms with Crippen molar-refractivity contribution in [1.82, 2.24) is 9.97 Å². The normalized spacial score (nSPS) is 11.6. The van der Waals surface area contributed by atoms with Crippen LogP contribution in [0.3, 0.4) is 0 Å². The van der Waals surface area contributed by atoms with Crippen LogP contribution in [-0.4, -0.2) is 18.4 Å². The number of hydrogen-bond acceptors (Lipinski definition) is 5. The second-order valence-electron chi connectivity index (χ2n) is 5.91. The molecule has 0 radical (unpaired) electrons. The Labute approximate surface area is 159 Å². The molecule has 2 aromatic carbocycles. The van der Waals surface area contributed by atoms with Crippen molar-refractivity contribution in [1.29, 1.82) is 0 Å². The Balaban J connectivity index is 1.67. The molecule has 136 valence electrons. The summed E-state index contributed by atoms with van der Waals surface area (Å²) >= 11 is 1.47. The average Bonchev–Trinajstić information content (AvgIpc) is 3.07. The maximum absolute atomic E-state index is 13.8. The lowest BCUT2D eigenvalue weighted by Crippen LogP contribution is -2.15. The summed E-state index contributed by atoms with van der Waals surface area (Å²) in [5.41, 5.74) is 2.78. The van der Waals surface area contributed by atoms with Crippen LogP contribution in [0.15, 0.2) is 65.7 Å². The van der Waals surface area contributed by atoms with E-state index >= 15 is 0 Å². The van der Waals surface area contributed by atoms with Gasteiger partial charge in [0.05, 0.1) is 5.69 Å². The summed E-state index contributed by atoms with van der Waals surface area (Å²) < 4.78 is 41.2. The van der Waals surface area contributed by atoms with E-state index in [9.17, 15) is 12.8 Å². The zero-order chi connectivity index (χ0) is 19.0. The Kier molecular flexibility index (Phi) is 4.37. The molecule has 0 aliphatic carbocycles. The lowest BCUT2D eigenvalue weighted by molar-refractivity contribution is 0.570. The Morgan fingerprint density at radius 1 is 1.07 bits per heavy atom. The smallest absolute Gasteiger partial charge is 0.264 e. The van der Waals surface area contributed by atoms with E-state index in [-0.39, 0.29) is 4.90 Å². The van der Waals surface area contributed by atoms with Gasteiger partial charge in [0.2, 0.25) is 0 Å². The first-order chi connectivity index (χ1) is 12.9. The first-order valence-electron chi connectivity index (χ1n) is 8.04. The van der Waals surface area contributed by atoms with Gasteiger partial charge in [-0.3, -0.25) is 4.72 Å². The van der Waals surface area contributed by atoms with Gasteiger partial charge in [0.25, 0.3) is 10.0 Å². The lowest BCUT2D eigenvalue weighted by atomic mass is 10.1. The van der Waals surface area contributed by atoms with E-state index in [1.54, 1.807) is 25.3 Å². The van der Waals surface area contributed by atoms with Gasteiger partial charge in [-0.2, -0.15) is 0 Å². The fourth-order valence-electron chi connectivity index (χ4n) is 2.67. The van der Waals surface area contributed by atoms with Crippen LogP contribution >= 0.6 is 11.3 Å². The summed E-state index contributed by atoms with van der Waals surface area (Å²) in [6, 6.07) is 14.3. The third-order valence-electron chi connectivity index (χ3n) is 4.01. The van der Waals surface area contributed by atoms with E-state index in [0.29, 0.717) is 11.3 Å². The van der Waals surface area contributed by atoms with Crippen LogP contribution in [0.5, 0.6) is 0 Å². The minimum Gasteiger partial charge on any atom is -0.279 e. The molecule has 0 spiro atoms. The summed E-state index contributed by atoms with van der Waals surface area (Å²) in [4.78, 5) is 9.30. The molecule has 27 heavy (non-hydrogen) atoms. The van der Waals surface area contributed by atoms with Crippen molar-refractivity contribution in [2.24, 2.45) is 0 Å². The van der Waals surface area contributed by atoms with Gasteiger partial charge < -0.3 is 0 Å². The Hall–Kier alpha value is -2.84. The number of fused-ring (bicyclic) bond motifs is 1. The third kappa shape index (κ3) is 3.41. The molecule has 0 saturated heterocycles. The summed E-state index contributed by atoms with van der Waals surface area (Å²) in [5.74, 6) is -0.791. The predicted octanol–water partition coefficient (Wildman–Crippen LogP) is 4.61. The van der Waals surface area contributed by atoms with Crippen molar-refractivity contribution in [3.63, 3.8) is 0 Å². The van der Waals surface area contributed by atoms with E-state index < -0.39 is 15.8 Å². The summed E-state index contributed by atoms with van der Waals surface area (Å²) in [5, 5.41) is 0.801. The number of nitrogens with one attached hydrogen (secondary N) is 1. The SMILES string of the molecule is Cc1cc(-c2nc3cccnc3s2)ccc1NS(=O)(=O)c1ccccc1F. The topological polar surface area (TPSA) is 72.0 Å². The molecule has 0 saturated carbocycles. The second-order valence-corrected chi connectivity index (χ2v) is 8.54. The minimum atomic E-state index is -4.01. The number of aromatic nitrogens is 2. The second kappa shape index (κ2) is 6.71. The Bertz CT molecular complexity index is 1220. The average molecular weight is 399 g/mol. The number of benzene rings is 2. The highest BCUT2D eigenvalue weighted by Gasteiger charge is 2.19. The van der Waals surface area contributed by atoms with Gasteiger partial charge >= 0.3 is 0 Å². The van der Waals surface area contributed by atoms with Gasteiger partial charge in [-0.25, -0.2) is 22.8 Å². The molecule has 0 aliphatic rings. The zero-order valence-electron chi connectivity index (χ0n) is 14.2. The van der Waals surface area contributed by atoms with Crippen molar-refractivity contribution in [2.45, 2.75) is 11.8 Å². The molecule has 4 rings (SSSR count). The maximum Gasteiger partial charge on any atom is 0.264 e. The van der Waals surface area contributed by atoms with Gasteiger partial charge in [-0.05, 0) is 55.0 Å². The quantitative estimate of drug-likeness (QED) is 0.544. The molecule has 0 atom stereocenters. The summed E-state index contributed by atoms with van der Waals surface area (Å²) in [6.45, 7) is 1.79. The van der Waals surface area contributed by atoms with Gasteiger partial charge in [-0.15, -0.1) is 0 Å².